The van der Waals surface area contributed by atoms with Crippen LogP contribution in [-0.2, 0) is 16.0 Å². The Kier molecular flexibility index (Phi) is 6.84. The SMILES string of the molecule is CC(C)(C)OC(=O)NCCc1cc(OC(=O)C(C)(C)C)ccc1Br. The van der Waals surface area contributed by atoms with Crippen LogP contribution in [0.25, 0.3) is 0 Å². The number of carbonyl (C=O) groups excluding carboxylic acids is 2. The summed E-state index contributed by atoms with van der Waals surface area (Å²) in [6, 6.07) is 5.36. The van der Waals surface area contributed by atoms with Crippen molar-refractivity contribution in [3.8, 4) is 5.75 Å². The normalized spacial score (nSPS) is 11.8. The molecule has 6 heteroatoms. The summed E-state index contributed by atoms with van der Waals surface area (Å²) in [6.07, 6.45) is 0.134. The molecule has 0 aromatic heterocycles. The lowest BCUT2D eigenvalue weighted by atomic mass is 9.97. The van der Waals surface area contributed by atoms with Gasteiger partial charge in [0.15, 0.2) is 0 Å². The highest BCUT2D eigenvalue weighted by Crippen LogP contribution is 2.25. The number of carbonyl (C=O) groups is 2. The highest BCUT2D eigenvalue weighted by atomic mass is 79.9. The minimum absolute atomic E-state index is 0.289. The zero-order valence-corrected chi connectivity index (χ0v) is 16.7. The summed E-state index contributed by atoms with van der Waals surface area (Å²) in [5.74, 6) is 0.202. The molecule has 0 saturated carbocycles. The van der Waals surface area contributed by atoms with Crippen LogP contribution in [0.5, 0.6) is 5.75 Å². The number of amides is 1. The standard InChI is InChI=1S/C18H26BrNO4/c1-17(2,3)15(21)23-13-7-8-14(19)12(11-13)9-10-20-16(22)24-18(4,5)6/h7-8,11H,9-10H2,1-6H3,(H,20,22). The fraction of sp³-hybridized carbons (Fsp3) is 0.556. The molecule has 0 atom stereocenters. The van der Waals surface area contributed by atoms with Crippen molar-refractivity contribution in [1.29, 1.82) is 0 Å². The van der Waals surface area contributed by atoms with Crippen LogP contribution >= 0.6 is 15.9 Å². The second kappa shape index (κ2) is 8.01. The van der Waals surface area contributed by atoms with Crippen LogP contribution in [-0.4, -0.2) is 24.2 Å². The van der Waals surface area contributed by atoms with Crippen LogP contribution in [0.4, 0.5) is 4.79 Å². The van der Waals surface area contributed by atoms with Gasteiger partial charge in [-0.25, -0.2) is 4.79 Å². The molecule has 0 unspecified atom stereocenters. The Morgan fingerprint density at radius 3 is 2.29 bits per heavy atom. The van der Waals surface area contributed by atoms with Gasteiger partial charge in [0, 0.05) is 11.0 Å². The Labute approximate surface area is 152 Å². The Hall–Kier alpha value is -1.56. The lowest BCUT2D eigenvalue weighted by molar-refractivity contribution is -0.143. The number of nitrogens with one attached hydrogen (secondary N) is 1. The van der Waals surface area contributed by atoms with E-state index in [4.69, 9.17) is 9.47 Å². The molecule has 0 saturated heterocycles. The van der Waals surface area contributed by atoms with Crippen molar-refractivity contribution >= 4 is 28.0 Å². The Bertz CT molecular complexity index is 600. The molecule has 1 amide bonds. The van der Waals surface area contributed by atoms with E-state index in [1.54, 1.807) is 32.9 Å². The fourth-order valence-electron chi connectivity index (χ4n) is 1.68. The minimum atomic E-state index is -0.564. The van der Waals surface area contributed by atoms with Gasteiger partial charge in [-0.2, -0.15) is 0 Å². The molecule has 134 valence electrons. The number of rotatable bonds is 4. The molecule has 0 aliphatic carbocycles. The second-order valence-corrected chi connectivity index (χ2v) is 8.43. The summed E-state index contributed by atoms with van der Waals surface area (Å²) < 4.78 is 11.5. The minimum Gasteiger partial charge on any atom is -0.444 e. The van der Waals surface area contributed by atoms with Gasteiger partial charge in [-0.1, -0.05) is 15.9 Å². The predicted octanol–water partition coefficient (Wildman–Crippen LogP) is 4.47. The second-order valence-electron chi connectivity index (χ2n) is 7.57. The average Bonchev–Trinajstić information content (AvgIpc) is 2.39. The van der Waals surface area contributed by atoms with Gasteiger partial charge in [0.25, 0.3) is 0 Å². The van der Waals surface area contributed by atoms with Crippen molar-refractivity contribution in [3.05, 3.63) is 28.2 Å². The van der Waals surface area contributed by atoms with Crippen LogP contribution in [0.15, 0.2) is 22.7 Å². The Morgan fingerprint density at radius 1 is 1.12 bits per heavy atom. The summed E-state index contributed by atoms with van der Waals surface area (Å²) >= 11 is 3.47. The zero-order chi connectivity index (χ0) is 18.5. The maximum absolute atomic E-state index is 12.0. The van der Waals surface area contributed by atoms with Gasteiger partial charge < -0.3 is 14.8 Å². The van der Waals surface area contributed by atoms with Crippen molar-refractivity contribution in [3.63, 3.8) is 0 Å². The van der Waals surface area contributed by atoms with Crippen LogP contribution in [0.1, 0.15) is 47.1 Å². The van der Waals surface area contributed by atoms with Gasteiger partial charge in [0.05, 0.1) is 5.41 Å². The predicted molar refractivity (Wildman–Crippen MR) is 97.2 cm³/mol. The van der Waals surface area contributed by atoms with E-state index in [0.29, 0.717) is 18.7 Å². The molecule has 24 heavy (non-hydrogen) atoms. The topological polar surface area (TPSA) is 64.6 Å². The summed E-state index contributed by atoms with van der Waals surface area (Å²) in [4.78, 5) is 23.6. The summed E-state index contributed by atoms with van der Waals surface area (Å²) in [7, 11) is 0. The lowest BCUT2D eigenvalue weighted by Gasteiger charge is -2.20. The fourth-order valence-corrected chi connectivity index (χ4v) is 2.12. The number of halogens is 1. The average molecular weight is 400 g/mol. The molecule has 0 radical (unpaired) electrons. The molecular weight excluding hydrogens is 374 g/mol. The third kappa shape index (κ3) is 7.34. The van der Waals surface area contributed by atoms with Gasteiger partial charge >= 0.3 is 12.1 Å². The van der Waals surface area contributed by atoms with E-state index in [0.717, 1.165) is 10.0 Å². The van der Waals surface area contributed by atoms with Gasteiger partial charge in [0.1, 0.15) is 11.4 Å². The highest BCUT2D eigenvalue weighted by molar-refractivity contribution is 9.10. The van der Waals surface area contributed by atoms with Gasteiger partial charge in [-0.05, 0) is 71.7 Å². The number of hydrogen-bond acceptors (Lipinski definition) is 4. The maximum Gasteiger partial charge on any atom is 0.407 e. The molecule has 1 aromatic carbocycles. The van der Waals surface area contributed by atoms with E-state index < -0.39 is 17.1 Å². The first-order valence-corrected chi connectivity index (χ1v) is 8.65. The number of ether oxygens (including phenoxy) is 2. The molecule has 1 N–H and O–H groups in total. The Balaban J connectivity index is 2.64. The molecule has 0 aliphatic rings. The van der Waals surface area contributed by atoms with E-state index in [1.165, 1.54) is 0 Å². The third-order valence-electron chi connectivity index (χ3n) is 2.90. The first-order valence-electron chi connectivity index (χ1n) is 7.86. The van der Waals surface area contributed by atoms with Crippen molar-refractivity contribution in [1.82, 2.24) is 5.32 Å². The molecule has 0 bridgehead atoms. The van der Waals surface area contributed by atoms with Crippen LogP contribution in [0.3, 0.4) is 0 Å². The zero-order valence-electron chi connectivity index (χ0n) is 15.2. The monoisotopic (exact) mass is 399 g/mol. The first kappa shape index (κ1) is 20.5. The quantitative estimate of drug-likeness (QED) is 0.599. The molecule has 0 fully saturated rings. The van der Waals surface area contributed by atoms with Crippen molar-refractivity contribution in [2.75, 3.05) is 6.54 Å². The van der Waals surface area contributed by atoms with E-state index in [2.05, 4.69) is 21.2 Å². The number of benzene rings is 1. The van der Waals surface area contributed by atoms with E-state index in [-0.39, 0.29) is 5.97 Å². The summed E-state index contributed by atoms with van der Waals surface area (Å²) in [6.45, 7) is 11.3. The first-order chi connectivity index (χ1) is 10.9. The molecule has 1 rings (SSSR count). The van der Waals surface area contributed by atoms with Crippen LogP contribution < -0.4 is 10.1 Å². The molecule has 5 nitrogen and oxygen atoms in total. The van der Waals surface area contributed by atoms with Crippen molar-refractivity contribution in [2.45, 2.75) is 53.6 Å². The molecule has 0 spiro atoms. The molecule has 0 heterocycles. The van der Waals surface area contributed by atoms with Gasteiger partial charge in [0.2, 0.25) is 0 Å². The number of alkyl carbamates (subject to hydrolysis) is 1. The van der Waals surface area contributed by atoms with E-state index in [1.807, 2.05) is 26.8 Å². The van der Waals surface area contributed by atoms with Crippen LogP contribution in [0, 0.1) is 5.41 Å². The lowest BCUT2D eigenvalue weighted by Crippen LogP contribution is -2.33. The Morgan fingerprint density at radius 2 is 1.75 bits per heavy atom. The summed E-state index contributed by atoms with van der Waals surface area (Å²) in [5.41, 5.74) is -0.151. The van der Waals surface area contributed by atoms with Gasteiger partial charge in [-0.3, -0.25) is 4.79 Å². The van der Waals surface area contributed by atoms with E-state index >= 15 is 0 Å². The van der Waals surface area contributed by atoms with E-state index in [9.17, 15) is 9.59 Å². The summed E-state index contributed by atoms with van der Waals surface area (Å²) in [5, 5.41) is 2.71. The maximum atomic E-state index is 12.0. The van der Waals surface area contributed by atoms with Gasteiger partial charge in [-0.15, -0.1) is 0 Å². The molecule has 1 aromatic rings. The molecular formula is C18H26BrNO4. The highest BCUT2D eigenvalue weighted by Gasteiger charge is 2.24. The number of esters is 1. The van der Waals surface area contributed by atoms with Crippen molar-refractivity contribution < 1.29 is 19.1 Å². The third-order valence-corrected chi connectivity index (χ3v) is 3.68. The van der Waals surface area contributed by atoms with Crippen molar-refractivity contribution in [2.24, 2.45) is 5.41 Å². The number of hydrogen-bond donors (Lipinski definition) is 1. The largest absolute Gasteiger partial charge is 0.444 e. The van der Waals surface area contributed by atoms with Crippen LogP contribution in [0.2, 0.25) is 0 Å². The molecule has 0 aliphatic heterocycles. The smallest absolute Gasteiger partial charge is 0.407 e.